The summed E-state index contributed by atoms with van der Waals surface area (Å²) in [6.45, 7) is 2.71. The molecule has 0 unspecified atom stereocenters. The van der Waals surface area contributed by atoms with Crippen LogP contribution >= 0.6 is 11.6 Å². The van der Waals surface area contributed by atoms with E-state index in [9.17, 15) is 13.2 Å². The minimum Gasteiger partial charge on any atom is -0.495 e. The number of carbonyl (C=O) groups is 1. The van der Waals surface area contributed by atoms with Crippen LogP contribution < -0.4 is 18.7 Å². The van der Waals surface area contributed by atoms with Crippen molar-refractivity contribution in [3.63, 3.8) is 0 Å². The molecular formula is C28H30ClN3O5S. The minimum absolute atomic E-state index is 0.0883. The number of halogens is 1. The lowest BCUT2D eigenvalue weighted by Crippen LogP contribution is -2.50. The number of ether oxygens (including phenoxy) is 2. The van der Waals surface area contributed by atoms with E-state index in [2.05, 4.69) is 4.90 Å². The normalized spacial score (nSPS) is 15.7. The number of carbonyl (C=O) groups excluding carboxylic acids is 1. The monoisotopic (exact) mass is 555 g/mol. The number of fused-ring (bicyclic) bond motifs is 1. The third-order valence-electron chi connectivity index (χ3n) is 6.97. The molecule has 2 aliphatic rings. The topological polar surface area (TPSA) is 79.4 Å². The van der Waals surface area contributed by atoms with Crippen LogP contribution in [-0.4, -0.2) is 65.7 Å². The fourth-order valence-electron chi connectivity index (χ4n) is 4.95. The molecule has 0 bridgehead atoms. The molecule has 1 amide bonds. The van der Waals surface area contributed by atoms with Gasteiger partial charge in [0.25, 0.3) is 15.9 Å². The van der Waals surface area contributed by atoms with E-state index in [0.29, 0.717) is 38.4 Å². The van der Waals surface area contributed by atoms with Crippen molar-refractivity contribution in [3.8, 4) is 11.5 Å². The van der Waals surface area contributed by atoms with Crippen LogP contribution in [0.1, 0.15) is 12.0 Å². The lowest BCUT2D eigenvalue weighted by Gasteiger charge is -2.36. The second-order valence-electron chi connectivity index (χ2n) is 9.23. The predicted octanol–water partition coefficient (Wildman–Crippen LogP) is 4.22. The largest absolute Gasteiger partial charge is 0.495 e. The Hall–Kier alpha value is -3.43. The Bertz CT molecular complexity index is 1420. The first-order valence-electron chi connectivity index (χ1n) is 12.6. The van der Waals surface area contributed by atoms with Crippen LogP contribution in [0.4, 0.5) is 11.4 Å². The first-order valence-corrected chi connectivity index (χ1v) is 14.4. The fraction of sp³-hybridized carbons (Fsp3) is 0.321. The van der Waals surface area contributed by atoms with Gasteiger partial charge in [0.1, 0.15) is 11.5 Å². The molecule has 3 aromatic carbocycles. The molecule has 1 fully saturated rings. The Morgan fingerprint density at radius 2 is 1.61 bits per heavy atom. The van der Waals surface area contributed by atoms with Crippen molar-refractivity contribution in [3.05, 3.63) is 77.3 Å². The van der Waals surface area contributed by atoms with Gasteiger partial charge in [-0.25, -0.2) is 8.42 Å². The SMILES string of the molecule is COc1ccccc1N1CCN(C(=O)COc2ccc(S(=O)(=O)N3CCCc4ccccc43)cc2Cl)CC1. The molecule has 2 heterocycles. The standard InChI is InChI=1S/C28H30ClN3O5S/c1-36-27-11-5-4-10-25(27)30-15-17-31(18-16-30)28(33)20-37-26-13-12-22(19-23(26)29)38(34,35)32-14-6-8-21-7-2-3-9-24(21)32/h2-5,7,9-13,19H,6,8,14-18,20H2,1H3. The molecule has 0 spiro atoms. The maximum atomic E-state index is 13.4. The summed E-state index contributed by atoms with van der Waals surface area (Å²) in [5.74, 6) is 0.924. The summed E-state index contributed by atoms with van der Waals surface area (Å²) in [4.78, 5) is 16.9. The average molecular weight is 556 g/mol. The van der Waals surface area contributed by atoms with Gasteiger partial charge in [-0.05, 0) is 54.8 Å². The first-order chi connectivity index (χ1) is 18.4. The summed E-state index contributed by atoms with van der Waals surface area (Å²) in [5, 5.41) is 0.144. The molecule has 3 aromatic rings. The zero-order valence-corrected chi connectivity index (χ0v) is 22.7. The zero-order chi connectivity index (χ0) is 26.7. The lowest BCUT2D eigenvalue weighted by molar-refractivity contribution is -0.133. The number of para-hydroxylation sites is 3. The highest BCUT2D eigenvalue weighted by molar-refractivity contribution is 7.92. The number of methoxy groups -OCH3 is 1. The van der Waals surface area contributed by atoms with E-state index < -0.39 is 10.0 Å². The summed E-state index contributed by atoms with van der Waals surface area (Å²) in [6, 6.07) is 19.7. The van der Waals surface area contributed by atoms with E-state index in [0.717, 1.165) is 29.8 Å². The third kappa shape index (κ3) is 5.26. The van der Waals surface area contributed by atoms with Crippen molar-refractivity contribution in [2.45, 2.75) is 17.7 Å². The molecule has 2 aliphatic heterocycles. The second kappa shape index (κ2) is 11.1. The van der Waals surface area contributed by atoms with Gasteiger partial charge in [-0.1, -0.05) is 41.9 Å². The van der Waals surface area contributed by atoms with E-state index >= 15 is 0 Å². The molecule has 8 nitrogen and oxygen atoms in total. The minimum atomic E-state index is -3.79. The van der Waals surface area contributed by atoms with Crippen molar-refractivity contribution in [1.82, 2.24) is 4.90 Å². The molecule has 0 atom stereocenters. The Balaban J connectivity index is 1.20. The van der Waals surface area contributed by atoms with E-state index in [-0.39, 0.29) is 28.2 Å². The number of benzene rings is 3. The number of rotatable bonds is 7. The van der Waals surface area contributed by atoms with Gasteiger partial charge in [0.2, 0.25) is 0 Å². The quantitative estimate of drug-likeness (QED) is 0.434. The van der Waals surface area contributed by atoms with Gasteiger partial charge in [0.05, 0.1) is 28.4 Å². The van der Waals surface area contributed by atoms with Crippen LogP contribution in [0.2, 0.25) is 5.02 Å². The van der Waals surface area contributed by atoms with E-state index in [4.69, 9.17) is 21.1 Å². The molecular weight excluding hydrogens is 526 g/mol. The van der Waals surface area contributed by atoms with E-state index in [1.807, 2.05) is 48.5 Å². The number of anilines is 2. The molecule has 5 rings (SSSR count). The molecule has 10 heteroatoms. The number of nitrogens with zero attached hydrogens (tertiary/aromatic N) is 3. The van der Waals surface area contributed by atoms with Crippen LogP contribution in [0.15, 0.2) is 71.6 Å². The molecule has 0 aromatic heterocycles. The predicted molar refractivity (Wildman–Crippen MR) is 148 cm³/mol. The van der Waals surface area contributed by atoms with Gasteiger partial charge >= 0.3 is 0 Å². The number of hydrogen-bond donors (Lipinski definition) is 0. The maximum absolute atomic E-state index is 13.4. The highest BCUT2D eigenvalue weighted by atomic mass is 35.5. The number of amides is 1. The number of sulfonamides is 1. The number of aryl methyl sites for hydroxylation is 1. The van der Waals surface area contributed by atoms with Crippen molar-refractivity contribution >= 4 is 38.9 Å². The third-order valence-corrected chi connectivity index (χ3v) is 9.07. The van der Waals surface area contributed by atoms with Crippen LogP contribution in [0.25, 0.3) is 0 Å². The number of piperazine rings is 1. The van der Waals surface area contributed by atoms with Crippen LogP contribution in [0.3, 0.4) is 0 Å². The van der Waals surface area contributed by atoms with Crippen LogP contribution in [0.5, 0.6) is 11.5 Å². The fourth-order valence-corrected chi connectivity index (χ4v) is 6.82. The van der Waals surface area contributed by atoms with E-state index in [1.54, 1.807) is 12.0 Å². The van der Waals surface area contributed by atoms with Gasteiger partial charge in [0, 0.05) is 32.7 Å². The van der Waals surface area contributed by atoms with Crippen molar-refractivity contribution < 1.29 is 22.7 Å². The van der Waals surface area contributed by atoms with Gasteiger partial charge in [-0.2, -0.15) is 0 Å². The molecule has 38 heavy (non-hydrogen) atoms. The summed E-state index contributed by atoms with van der Waals surface area (Å²) in [6.07, 6.45) is 1.60. The summed E-state index contributed by atoms with van der Waals surface area (Å²) >= 11 is 6.41. The Kier molecular flexibility index (Phi) is 7.67. The van der Waals surface area contributed by atoms with Crippen LogP contribution in [0, 0.1) is 0 Å². The molecule has 0 N–H and O–H groups in total. The van der Waals surface area contributed by atoms with Gasteiger partial charge in [-0.3, -0.25) is 9.10 Å². The van der Waals surface area contributed by atoms with Crippen molar-refractivity contribution in [1.29, 1.82) is 0 Å². The maximum Gasteiger partial charge on any atom is 0.264 e. The average Bonchev–Trinajstić information content (AvgIpc) is 2.96. The number of hydrogen-bond acceptors (Lipinski definition) is 6. The smallest absolute Gasteiger partial charge is 0.264 e. The van der Waals surface area contributed by atoms with E-state index in [1.165, 1.54) is 22.5 Å². The van der Waals surface area contributed by atoms with Gasteiger partial charge in [-0.15, -0.1) is 0 Å². The van der Waals surface area contributed by atoms with Crippen molar-refractivity contribution in [2.24, 2.45) is 0 Å². The molecule has 0 aliphatic carbocycles. The summed E-state index contributed by atoms with van der Waals surface area (Å²) in [7, 11) is -2.14. The zero-order valence-electron chi connectivity index (χ0n) is 21.2. The molecule has 0 saturated carbocycles. The highest BCUT2D eigenvalue weighted by Crippen LogP contribution is 2.34. The second-order valence-corrected chi connectivity index (χ2v) is 11.5. The Morgan fingerprint density at radius 1 is 0.895 bits per heavy atom. The molecule has 1 saturated heterocycles. The van der Waals surface area contributed by atoms with Crippen molar-refractivity contribution in [2.75, 3.05) is 55.6 Å². The van der Waals surface area contributed by atoms with Crippen LogP contribution in [-0.2, 0) is 21.2 Å². The first kappa shape index (κ1) is 26.2. The molecule has 200 valence electrons. The molecule has 0 radical (unpaired) electrons. The highest BCUT2D eigenvalue weighted by Gasteiger charge is 2.30. The Labute approximate surface area is 228 Å². The summed E-state index contributed by atoms with van der Waals surface area (Å²) in [5.41, 5.74) is 2.72. The Morgan fingerprint density at radius 3 is 2.34 bits per heavy atom. The lowest BCUT2D eigenvalue weighted by atomic mass is 10.0. The van der Waals surface area contributed by atoms with Gasteiger partial charge < -0.3 is 19.3 Å². The summed E-state index contributed by atoms with van der Waals surface area (Å²) < 4.78 is 39.4. The van der Waals surface area contributed by atoms with Gasteiger partial charge in [0.15, 0.2) is 6.61 Å².